The lowest BCUT2D eigenvalue weighted by Crippen LogP contribution is -2.16. The van der Waals surface area contributed by atoms with Crippen LogP contribution in [0.3, 0.4) is 0 Å². The van der Waals surface area contributed by atoms with Gasteiger partial charge in [0.15, 0.2) is 0 Å². The van der Waals surface area contributed by atoms with E-state index < -0.39 is 18.0 Å². The summed E-state index contributed by atoms with van der Waals surface area (Å²) < 4.78 is 27.5. The summed E-state index contributed by atoms with van der Waals surface area (Å²) in [5.74, 6) is -0.0930. The van der Waals surface area contributed by atoms with Crippen molar-refractivity contribution in [3.8, 4) is 0 Å². The first kappa shape index (κ1) is 17.2. The molecule has 136 valence electrons. The number of anilines is 1. The van der Waals surface area contributed by atoms with Crippen LogP contribution in [0.15, 0.2) is 35.0 Å². The summed E-state index contributed by atoms with van der Waals surface area (Å²) in [6.07, 6.45) is 0.550. The molecule has 0 saturated heterocycles. The predicted molar refractivity (Wildman–Crippen MR) is 95.8 cm³/mol. The average molecular weight is 378 g/mol. The second-order valence-electron chi connectivity index (χ2n) is 6.84. The Labute approximate surface area is 154 Å². The Morgan fingerprint density at radius 3 is 2.77 bits per heavy atom. The second kappa shape index (κ2) is 6.20. The highest BCUT2D eigenvalue weighted by Gasteiger charge is 2.43. The zero-order valence-corrected chi connectivity index (χ0v) is 15.1. The Balaban J connectivity index is 1.71. The summed E-state index contributed by atoms with van der Waals surface area (Å²) in [4.78, 5) is 12.6. The van der Waals surface area contributed by atoms with Crippen LogP contribution in [0.25, 0.3) is 0 Å². The van der Waals surface area contributed by atoms with Gasteiger partial charge in [0.2, 0.25) is 0 Å². The van der Waals surface area contributed by atoms with Crippen molar-refractivity contribution in [2.45, 2.75) is 38.0 Å². The van der Waals surface area contributed by atoms with Gasteiger partial charge in [0.05, 0.1) is 5.56 Å². The standard InChI is InChI=1S/C19H18ClF2N3O/c1-9(20)15-11-6-7-12(15)16-10(11)4-3-5-14(16)23-19(26)13-8-25(2)24-17(13)18(21)22/h3-5,8,11-12,18H,6-7H2,1-2H3,(H,23,26)/b15-9+/t11-,12?/m1/s1. The van der Waals surface area contributed by atoms with Crippen molar-refractivity contribution in [2.24, 2.45) is 7.05 Å². The minimum absolute atomic E-state index is 0.104. The molecule has 1 fully saturated rings. The Hall–Kier alpha value is -2.21. The highest BCUT2D eigenvalue weighted by Crippen LogP contribution is 2.60. The Morgan fingerprint density at radius 2 is 2.08 bits per heavy atom. The first-order valence-electron chi connectivity index (χ1n) is 8.50. The number of fused-ring (bicyclic) bond motifs is 5. The van der Waals surface area contributed by atoms with Gasteiger partial charge in [0, 0.05) is 35.8 Å². The second-order valence-corrected chi connectivity index (χ2v) is 7.40. The Morgan fingerprint density at radius 1 is 1.35 bits per heavy atom. The number of amides is 1. The van der Waals surface area contributed by atoms with E-state index in [1.54, 1.807) is 0 Å². The molecule has 26 heavy (non-hydrogen) atoms. The van der Waals surface area contributed by atoms with E-state index in [0.29, 0.717) is 11.6 Å². The van der Waals surface area contributed by atoms with E-state index >= 15 is 0 Å². The quantitative estimate of drug-likeness (QED) is 0.809. The van der Waals surface area contributed by atoms with E-state index in [4.69, 9.17) is 11.6 Å². The molecular formula is C19H18ClF2N3O. The summed E-state index contributed by atoms with van der Waals surface area (Å²) in [6.45, 7) is 1.90. The number of carbonyl (C=O) groups excluding carboxylic acids is 1. The van der Waals surface area contributed by atoms with Crippen LogP contribution in [-0.2, 0) is 7.05 Å². The number of alkyl halides is 2. The number of nitrogens with zero attached hydrogens (tertiary/aromatic N) is 2. The summed E-state index contributed by atoms with van der Waals surface area (Å²) in [6, 6.07) is 5.76. The minimum atomic E-state index is -2.80. The molecule has 2 bridgehead atoms. The lowest BCUT2D eigenvalue weighted by Gasteiger charge is -2.18. The number of aryl methyl sites for hydroxylation is 1. The fourth-order valence-electron chi connectivity index (χ4n) is 4.41. The molecule has 1 N–H and O–H groups in total. The molecule has 1 saturated carbocycles. The molecule has 4 rings (SSSR count). The van der Waals surface area contributed by atoms with Crippen molar-refractivity contribution in [3.63, 3.8) is 0 Å². The molecule has 0 aliphatic heterocycles. The Bertz CT molecular complexity index is 931. The molecular weight excluding hydrogens is 360 g/mol. The van der Waals surface area contributed by atoms with Crippen molar-refractivity contribution in [1.29, 1.82) is 0 Å². The molecule has 1 aromatic heterocycles. The first-order chi connectivity index (χ1) is 12.4. The predicted octanol–water partition coefficient (Wildman–Crippen LogP) is 5.10. The van der Waals surface area contributed by atoms with Gasteiger partial charge in [0.1, 0.15) is 5.69 Å². The van der Waals surface area contributed by atoms with Gasteiger partial charge in [0.25, 0.3) is 12.3 Å². The molecule has 1 amide bonds. The molecule has 7 heteroatoms. The van der Waals surface area contributed by atoms with Crippen LogP contribution in [0.4, 0.5) is 14.5 Å². The van der Waals surface area contributed by atoms with Crippen LogP contribution in [0.5, 0.6) is 0 Å². The summed E-state index contributed by atoms with van der Waals surface area (Å²) in [7, 11) is 1.52. The van der Waals surface area contributed by atoms with Crippen molar-refractivity contribution in [1.82, 2.24) is 9.78 Å². The van der Waals surface area contributed by atoms with Gasteiger partial charge in [-0.1, -0.05) is 23.7 Å². The third-order valence-electron chi connectivity index (χ3n) is 5.31. The van der Waals surface area contributed by atoms with Crippen LogP contribution >= 0.6 is 11.6 Å². The number of aromatic nitrogens is 2. The Kier molecular flexibility index (Phi) is 4.10. The van der Waals surface area contributed by atoms with Crippen LogP contribution < -0.4 is 5.32 Å². The topological polar surface area (TPSA) is 46.9 Å². The monoisotopic (exact) mass is 377 g/mol. The van der Waals surface area contributed by atoms with Gasteiger partial charge in [-0.05, 0) is 42.5 Å². The van der Waals surface area contributed by atoms with Gasteiger partial charge < -0.3 is 5.32 Å². The largest absolute Gasteiger partial charge is 0.322 e. The number of nitrogens with one attached hydrogen (secondary N) is 1. The van der Waals surface area contributed by atoms with Gasteiger partial charge in [-0.3, -0.25) is 9.48 Å². The number of hydrogen-bond acceptors (Lipinski definition) is 2. The SMILES string of the molecule is C/C(Cl)=C1\C2CC[C@@H]1c1cccc(NC(=O)c3cn(C)nc3C(F)F)c12. The van der Waals surface area contributed by atoms with E-state index in [9.17, 15) is 13.6 Å². The lowest BCUT2D eigenvalue weighted by molar-refractivity contribution is 0.101. The third kappa shape index (κ3) is 2.55. The van der Waals surface area contributed by atoms with Crippen LogP contribution in [-0.4, -0.2) is 15.7 Å². The molecule has 1 heterocycles. The van der Waals surface area contributed by atoms with Crippen molar-refractivity contribution in [3.05, 3.63) is 57.4 Å². The third-order valence-corrected chi connectivity index (χ3v) is 5.53. The maximum atomic E-state index is 13.1. The number of hydrogen-bond donors (Lipinski definition) is 1. The number of benzene rings is 1. The van der Waals surface area contributed by atoms with Gasteiger partial charge in [-0.15, -0.1) is 0 Å². The van der Waals surface area contributed by atoms with Crippen LogP contribution in [0.2, 0.25) is 0 Å². The van der Waals surface area contributed by atoms with E-state index in [1.165, 1.54) is 29.1 Å². The smallest absolute Gasteiger partial charge is 0.282 e. The molecule has 1 aromatic carbocycles. The highest BCUT2D eigenvalue weighted by molar-refractivity contribution is 6.29. The van der Waals surface area contributed by atoms with E-state index in [1.807, 2.05) is 19.1 Å². The lowest BCUT2D eigenvalue weighted by atomic mass is 9.90. The molecule has 2 aliphatic rings. The van der Waals surface area contributed by atoms with Crippen LogP contribution in [0.1, 0.15) is 65.2 Å². The fraction of sp³-hybridized carbons (Fsp3) is 0.368. The van der Waals surface area contributed by atoms with Crippen LogP contribution in [0, 0.1) is 0 Å². The number of carbonyl (C=O) groups is 1. The van der Waals surface area contributed by atoms with Gasteiger partial charge in [-0.25, -0.2) is 8.78 Å². The van der Waals surface area contributed by atoms with Crippen molar-refractivity contribution in [2.75, 3.05) is 5.32 Å². The number of rotatable bonds is 3. The van der Waals surface area contributed by atoms with E-state index in [0.717, 1.165) is 23.4 Å². The van der Waals surface area contributed by atoms with E-state index in [2.05, 4.69) is 16.5 Å². The number of halogens is 3. The van der Waals surface area contributed by atoms with Gasteiger partial charge >= 0.3 is 0 Å². The molecule has 0 spiro atoms. The first-order valence-corrected chi connectivity index (χ1v) is 8.88. The van der Waals surface area contributed by atoms with Crippen molar-refractivity contribution < 1.29 is 13.6 Å². The molecule has 1 unspecified atom stereocenters. The van der Waals surface area contributed by atoms with E-state index in [-0.39, 0.29) is 11.5 Å². The number of allylic oxidation sites excluding steroid dienone is 2. The maximum Gasteiger partial charge on any atom is 0.282 e. The fourth-order valence-corrected chi connectivity index (χ4v) is 4.67. The summed E-state index contributed by atoms with van der Waals surface area (Å²) >= 11 is 6.31. The summed E-state index contributed by atoms with van der Waals surface area (Å²) in [5, 5.41) is 7.32. The highest BCUT2D eigenvalue weighted by atomic mass is 35.5. The molecule has 2 aliphatic carbocycles. The molecule has 0 radical (unpaired) electrons. The molecule has 2 aromatic rings. The normalized spacial score (nSPS) is 22.7. The molecule has 2 atom stereocenters. The average Bonchev–Trinajstić information content (AvgIpc) is 3.26. The molecule has 4 nitrogen and oxygen atoms in total. The maximum absolute atomic E-state index is 13.1. The summed E-state index contributed by atoms with van der Waals surface area (Å²) in [5.41, 5.74) is 3.52. The zero-order chi connectivity index (χ0) is 18.6. The van der Waals surface area contributed by atoms with Crippen molar-refractivity contribution >= 4 is 23.2 Å². The zero-order valence-electron chi connectivity index (χ0n) is 14.4. The van der Waals surface area contributed by atoms with Gasteiger partial charge in [-0.2, -0.15) is 5.10 Å². The minimum Gasteiger partial charge on any atom is -0.322 e.